The molecule has 0 saturated carbocycles. The molecule has 1 aromatic carbocycles. The molecule has 1 aromatic rings. The molecule has 3 nitrogen and oxygen atoms in total. The number of nitrogen functional groups attached to an aromatic ring is 1. The predicted molar refractivity (Wildman–Crippen MR) is 55.0 cm³/mol. The lowest BCUT2D eigenvalue weighted by Crippen LogP contribution is -2.06. The fourth-order valence-corrected chi connectivity index (χ4v) is 1.08. The Bertz CT molecular complexity index is 396. The number of carbonyl (C=O) groups excluding carboxylic acids is 1. The Morgan fingerprint density at radius 1 is 1.64 bits per heavy atom. The van der Waals surface area contributed by atoms with Crippen LogP contribution in [0.1, 0.15) is 10.4 Å². The van der Waals surface area contributed by atoms with E-state index >= 15 is 0 Å². The van der Waals surface area contributed by atoms with Crippen molar-refractivity contribution in [2.45, 2.75) is 0 Å². The molecule has 4 heteroatoms. The third-order valence-corrected chi connectivity index (χ3v) is 1.83. The SMILES string of the molecule is C#CCOC(=O)c1cc(N)ccc1Cl. The first-order chi connectivity index (χ1) is 6.65. The van der Waals surface area contributed by atoms with Crippen LogP contribution in [0.4, 0.5) is 5.69 Å². The largest absolute Gasteiger partial charge is 0.449 e. The van der Waals surface area contributed by atoms with Crippen molar-refractivity contribution in [3.05, 3.63) is 28.8 Å². The second-order valence-electron chi connectivity index (χ2n) is 2.52. The molecule has 14 heavy (non-hydrogen) atoms. The fourth-order valence-electron chi connectivity index (χ4n) is 0.884. The molecule has 0 amide bonds. The summed E-state index contributed by atoms with van der Waals surface area (Å²) < 4.78 is 4.70. The highest BCUT2D eigenvalue weighted by atomic mass is 35.5. The second-order valence-corrected chi connectivity index (χ2v) is 2.93. The molecule has 0 radical (unpaired) electrons. The number of hydrogen-bond donors (Lipinski definition) is 1. The Morgan fingerprint density at radius 3 is 3.00 bits per heavy atom. The Hall–Kier alpha value is -1.66. The van der Waals surface area contributed by atoms with E-state index in [4.69, 9.17) is 28.5 Å². The molecule has 0 aliphatic carbocycles. The Kier molecular flexibility index (Phi) is 3.38. The Morgan fingerprint density at radius 2 is 2.36 bits per heavy atom. The van der Waals surface area contributed by atoms with Crippen molar-refractivity contribution in [2.75, 3.05) is 12.3 Å². The maximum absolute atomic E-state index is 11.3. The topological polar surface area (TPSA) is 52.3 Å². The summed E-state index contributed by atoms with van der Waals surface area (Å²) in [7, 11) is 0. The molecule has 0 atom stereocenters. The van der Waals surface area contributed by atoms with Gasteiger partial charge in [-0.15, -0.1) is 6.42 Å². The van der Waals surface area contributed by atoms with E-state index in [0.29, 0.717) is 10.7 Å². The van der Waals surface area contributed by atoms with Crippen LogP contribution in [0.3, 0.4) is 0 Å². The van der Waals surface area contributed by atoms with Crippen LogP contribution < -0.4 is 5.73 Å². The zero-order valence-electron chi connectivity index (χ0n) is 7.29. The van der Waals surface area contributed by atoms with Crippen LogP contribution in [0.2, 0.25) is 5.02 Å². The van der Waals surface area contributed by atoms with Gasteiger partial charge in [-0.05, 0) is 18.2 Å². The van der Waals surface area contributed by atoms with Gasteiger partial charge in [0.1, 0.15) is 0 Å². The Labute approximate surface area is 86.8 Å². The van der Waals surface area contributed by atoms with Crippen molar-refractivity contribution < 1.29 is 9.53 Å². The number of ether oxygens (including phenoxy) is 1. The van der Waals surface area contributed by atoms with Crippen molar-refractivity contribution in [1.82, 2.24) is 0 Å². The number of rotatable bonds is 2. The van der Waals surface area contributed by atoms with Crippen molar-refractivity contribution in [3.63, 3.8) is 0 Å². The van der Waals surface area contributed by atoms with Crippen molar-refractivity contribution >= 4 is 23.3 Å². The fraction of sp³-hybridized carbons (Fsp3) is 0.100. The van der Waals surface area contributed by atoms with Gasteiger partial charge in [0.05, 0.1) is 10.6 Å². The van der Waals surface area contributed by atoms with Gasteiger partial charge in [0, 0.05) is 5.69 Å². The molecule has 0 saturated heterocycles. The molecule has 1 rings (SSSR count). The van der Waals surface area contributed by atoms with Crippen molar-refractivity contribution in [1.29, 1.82) is 0 Å². The zero-order valence-corrected chi connectivity index (χ0v) is 8.04. The number of halogens is 1. The summed E-state index contributed by atoms with van der Waals surface area (Å²) in [6, 6.07) is 4.57. The summed E-state index contributed by atoms with van der Waals surface area (Å²) in [5, 5.41) is 0.293. The van der Waals surface area contributed by atoms with Crippen LogP contribution in [-0.4, -0.2) is 12.6 Å². The number of benzene rings is 1. The smallest absolute Gasteiger partial charge is 0.340 e. The maximum Gasteiger partial charge on any atom is 0.340 e. The first kappa shape index (κ1) is 10.4. The minimum absolute atomic E-state index is 0.0794. The number of esters is 1. The van der Waals surface area contributed by atoms with Gasteiger partial charge in [0.2, 0.25) is 0 Å². The molecular weight excluding hydrogens is 202 g/mol. The highest BCUT2D eigenvalue weighted by molar-refractivity contribution is 6.33. The molecule has 0 aliphatic rings. The summed E-state index contributed by atoms with van der Waals surface area (Å²) in [4.78, 5) is 11.3. The van der Waals surface area contributed by atoms with Crippen LogP contribution in [0.5, 0.6) is 0 Å². The van der Waals surface area contributed by atoms with Gasteiger partial charge in [-0.25, -0.2) is 4.79 Å². The summed E-state index contributed by atoms with van der Waals surface area (Å²) in [6.45, 7) is -0.0794. The van der Waals surface area contributed by atoms with E-state index < -0.39 is 5.97 Å². The molecule has 72 valence electrons. The second kappa shape index (κ2) is 4.54. The Balaban J connectivity index is 2.90. The third kappa shape index (κ3) is 2.41. The zero-order chi connectivity index (χ0) is 10.6. The standard InChI is InChI=1S/C10H8ClNO2/c1-2-5-14-10(13)8-6-7(12)3-4-9(8)11/h1,3-4,6H,5,12H2. The van der Waals surface area contributed by atoms with E-state index in [2.05, 4.69) is 5.92 Å². The van der Waals surface area contributed by atoms with Crippen molar-refractivity contribution in [3.8, 4) is 12.3 Å². The van der Waals surface area contributed by atoms with Crippen molar-refractivity contribution in [2.24, 2.45) is 0 Å². The third-order valence-electron chi connectivity index (χ3n) is 1.50. The van der Waals surface area contributed by atoms with Crippen LogP contribution in [0.15, 0.2) is 18.2 Å². The van der Waals surface area contributed by atoms with E-state index in [1.54, 1.807) is 6.07 Å². The first-order valence-electron chi connectivity index (χ1n) is 3.80. The van der Waals surface area contributed by atoms with Gasteiger partial charge in [0.15, 0.2) is 6.61 Å². The summed E-state index contributed by atoms with van der Waals surface area (Å²) in [5.41, 5.74) is 6.16. The summed E-state index contributed by atoms with van der Waals surface area (Å²) >= 11 is 5.76. The molecule has 0 fully saturated rings. The number of hydrogen-bond acceptors (Lipinski definition) is 3. The average Bonchev–Trinajstić information content (AvgIpc) is 2.18. The molecule has 0 unspecified atom stereocenters. The average molecular weight is 210 g/mol. The van der Waals surface area contributed by atoms with E-state index in [-0.39, 0.29) is 12.2 Å². The summed E-state index contributed by atoms with van der Waals surface area (Å²) in [6.07, 6.45) is 4.94. The van der Waals surface area contributed by atoms with Gasteiger partial charge in [-0.2, -0.15) is 0 Å². The van der Waals surface area contributed by atoms with E-state index in [9.17, 15) is 4.79 Å². The summed E-state index contributed by atoms with van der Waals surface area (Å²) in [5.74, 6) is 1.62. The van der Waals surface area contributed by atoms with E-state index in [1.807, 2.05) is 0 Å². The number of nitrogens with two attached hydrogens (primary N) is 1. The van der Waals surface area contributed by atoms with Gasteiger partial charge >= 0.3 is 5.97 Å². The quantitative estimate of drug-likeness (QED) is 0.458. The lowest BCUT2D eigenvalue weighted by molar-refractivity contribution is 0.0557. The van der Waals surface area contributed by atoms with Gasteiger partial charge in [-0.3, -0.25) is 0 Å². The normalized spacial score (nSPS) is 9.14. The predicted octanol–water partition coefficient (Wildman–Crippen LogP) is 1.71. The van der Waals surface area contributed by atoms with E-state index in [0.717, 1.165) is 0 Å². The first-order valence-corrected chi connectivity index (χ1v) is 4.18. The number of carbonyl (C=O) groups is 1. The molecule has 0 spiro atoms. The van der Waals surface area contributed by atoms with Crippen LogP contribution in [0, 0.1) is 12.3 Å². The lowest BCUT2D eigenvalue weighted by Gasteiger charge is -2.03. The van der Waals surface area contributed by atoms with Crippen LogP contribution in [-0.2, 0) is 4.74 Å². The minimum atomic E-state index is -0.569. The highest BCUT2D eigenvalue weighted by Crippen LogP contribution is 2.19. The number of terminal acetylenes is 1. The monoisotopic (exact) mass is 209 g/mol. The van der Waals surface area contributed by atoms with E-state index in [1.165, 1.54) is 12.1 Å². The van der Waals surface area contributed by atoms with Crippen LogP contribution in [0.25, 0.3) is 0 Å². The molecule has 0 aliphatic heterocycles. The molecule has 0 aromatic heterocycles. The molecule has 0 heterocycles. The minimum Gasteiger partial charge on any atom is -0.449 e. The van der Waals surface area contributed by atoms with Gasteiger partial charge in [0.25, 0.3) is 0 Å². The molecule has 0 bridgehead atoms. The van der Waals surface area contributed by atoms with Crippen LogP contribution >= 0.6 is 11.6 Å². The lowest BCUT2D eigenvalue weighted by atomic mass is 10.2. The van der Waals surface area contributed by atoms with Gasteiger partial charge in [-0.1, -0.05) is 17.5 Å². The molecule has 2 N–H and O–H groups in total. The number of anilines is 1. The highest BCUT2D eigenvalue weighted by Gasteiger charge is 2.11. The molecular formula is C10H8ClNO2. The van der Waals surface area contributed by atoms with Gasteiger partial charge < -0.3 is 10.5 Å². The maximum atomic E-state index is 11.3.